The molecule has 0 N–H and O–H groups in total. The minimum atomic E-state index is -0.398. The number of hydrogen-bond acceptors (Lipinski definition) is 2. The van der Waals surface area contributed by atoms with Crippen molar-refractivity contribution < 1.29 is 9.53 Å². The van der Waals surface area contributed by atoms with Crippen molar-refractivity contribution in [1.29, 1.82) is 0 Å². The first kappa shape index (κ1) is 14.6. The van der Waals surface area contributed by atoms with Gasteiger partial charge in [-0.2, -0.15) is 0 Å². The lowest BCUT2D eigenvalue weighted by molar-refractivity contribution is -0.137. The molecule has 2 heteroatoms. The van der Waals surface area contributed by atoms with Crippen molar-refractivity contribution in [2.24, 2.45) is 0 Å². The van der Waals surface area contributed by atoms with Crippen molar-refractivity contribution in [2.45, 2.75) is 6.92 Å². The predicted molar refractivity (Wildman–Crippen MR) is 84.4 cm³/mol. The molecule has 2 aromatic rings. The monoisotopic (exact) mass is 276 g/mol. The minimum absolute atomic E-state index is 0.331. The molecule has 0 spiro atoms. The first-order valence-corrected chi connectivity index (χ1v) is 6.80. The highest BCUT2D eigenvalue weighted by molar-refractivity contribution is 5.98. The van der Waals surface area contributed by atoms with Crippen molar-refractivity contribution in [3.8, 4) is 11.8 Å². The first-order chi connectivity index (χ1) is 10.3. The fourth-order valence-corrected chi connectivity index (χ4v) is 1.73. The van der Waals surface area contributed by atoms with Crippen LogP contribution in [-0.4, -0.2) is 12.6 Å². The second kappa shape index (κ2) is 7.72. The summed E-state index contributed by atoms with van der Waals surface area (Å²) in [6.45, 7) is 2.11. The van der Waals surface area contributed by atoms with Crippen LogP contribution in [0, 0.1) is 11.8 Å². The number of esters is 1. The number of ether oxygens (including phenoxy) is 1. The van der Waals surface area contributed by atoms with E-state index in [-0.39, 0.29) is 0 Å². The summed E-state index contributed by atoms with van der Waals surface area (Å²) in [5.41, 5.74) is 2.13. The normalized spacial score (nSPS) is 10.4. The van der Waals surface area contributed by atoms with E-state index in [0.29, 0.717) is 12.2 Å². The van der Waals surface area contributed by atoms with Crippen molar-refractivity contribution in [1.82, 2.24) is 0 Å². The summed E-state index contributed by atoms with van der Waals surface area (Å²) in [7, 11) is 0. The van der Waals surface area contributed by atoms with E-state index >= 15 is 0 Å². The zero-order valence-electron chi connectivity index (χ0n) is 11.9. The molecule has 2 rings (SSSR count). The van der Waals surface area contributed by atoms with Crippen molar-refractivity contribution in [3.05, 3.63) is 77.4 Å². The summed E-state index contributed by atoms with van der Waals surface area (Å²) in [4.78, 5) is 12.0. The van der Waals surface area contributed by atoms with Gasteiger partial charge in [-0.05, 0) is 30.7 Å². The lowest BCUT2D eigenvalue weighted by Crippen LogP contribution is -2.06. The quantitative estimate of drug-likeness (QED) is 0.485. The van der Waals surface area contributed by atoms with E-state index in [9.17, 15) is 4.79 Å². The fourth-order valence-electron chi connectivity index (χ4n) is 1.73. The molecule has 0 aromatic heterocycles. The number of carbonyl (C=O) groups is 1. The summed E-state index contributed by atoms with van der Waals surface area (Å²) in [6, 6.07) is 19.2. The Morgan fingerprint density at radius 1 is 1.05 bits per heavy atom. The number of benzene rings is 2. The molecule has 0 aliphatic rings. The molecular formula is C19H16O2. The smallest absolute Gasteiger partial charge is 0.346 e. The third kappa shape index (κ3) is 4.67. The Hall–Kier alpha value is -2.79. The van der Waals surface area contributed by atoms with Gasteiger partial charge in [0.15, 0.2) is 0 Å². The molecule has 0 atom stereocenters. The molecule has 0 bridgehead atoms. The molecule has 0 fully saturated rings. The van der Waals surface area contributed by atoms with E-state index in [4.69, 9.17) is 4.74 Å². The molecule has 0 amide bonds. The van der Waals surface area contributed by atoms with Gasteiger partial charge in [-0.15, -0.1) is 0 Å². The molecule has 0 saturated heterocycles. The number of carbonyl (C=O) groups excluding carboxylic acids is 1. The Morgan fingerprint density at radius 2 is 1.67 bits per heavy atom. The highest BCUT2D eigenvalue weighted by Gasteiger charge is 2.07. The highest BCUT2D eigenvalue weighted by atomic mass is 16.5. The van der Waals surface area contributed by atoms with Crippen molar-refractivity contribution >= 4 is 12.0 Å². The summed E-state index contributed by atoms with van der Waals surface area (Å²) in [5, 5.41) is 0. The largest absolute Gasteiger partial charge is 0.462 e. The Balaban J connectivity index is 2.32. The Labute approximate surface area is 125 Å². The second-order valence-corrected chi connectivity index (χ2v) is 4.31. The van der Waals surface area contributed by atoms with Gasteiger partial charge in [0.25, 0.3) is 0 Å². The van der Waals surface area contributed by atoms with Gasteiger partial charge in [0.2, 0.25) is 0 Å². The SMILES string of the molecule is CCOC(=O)/C(C#Cc1ccccc1)=C/c1ccccc1. The zero-order chi connectivity index (χ0) is 14.9. The van der Waals surface area contributed by atoms with Crippen LogP contribution in [0.5, 0.6) is 0 Å². The highest BCUT2D eigenvalue weighted by Crippen LogP contribution is 2.08. The van der Waals surface area contributed by atoms with Crippen LogP contribution in [0.25, 0.3) is 6.08 Å². The zero-order valence-corrected chi connectivity index (χ0v) is 11.9. The molecule has 2 nitrogen and oxygen atoms in total. The van der Waals surface area contributed by atoms with Gasteiger partial charge in [0.1, 0.15) is 5.57 Å². The van der Waals surface area contributed by atoms with Gasteiger partial charge < -0.3 is 4.74 Å². The number of rotatable bonds is 3. The predicted octanol–water partition coefficient (Wildman–Crippen LogP) is 3.68. The lowest BCUT2D eigenvalue weighted by Gasteiger charge is -2.01. The average Bonchev–Trinajstić information content (AvgIpc) is 2.53. The average molecular weight is 276 g/mol. The maximum Gasteiger partial charge on any atom is 0.346 e. The van der Waals surface area contributed by atoms with E-state index < -0.39 is 5.97 Å². The molecule has 0 aliphatic heterocycles. The maximum absolute atomic E-state index is 12.0. The van der Waals surface area contributed by atoms with Crippen LogP contribution in [-0.2, 0) is 9.53 Å². The van der Waals surface area contributed by atoms with Crippen LogP contribution in [0.3, 0.4) is 0 Å². The van der Waals surface area contributed by atoms with Crippen LogP contribution in [0.4, 0.5) is 0 Å². The molecule has 0 heterocycles. The molecule has 0 unspecified atom stereocenters. The van der Waals surface area contributed by atoms with Crippen LogP contribution in [0.1, 0.15) is 18.1 Å². The van der Waals surface area contributed by atoms with E-state index in [1.807, 2.05) is 60.7 Å². The Bertz CT molecular complexity index is 674. The third-order valence-corrected chi connectivity index (χ3v) is 2.72. The van der Waals surface area contributed by atoms with E-state index in [0.717, 1.165) is 11.1 Å². The number of hydrogen-bond donors (Lipinski definition) is 0. The van der Waals surface area contributed by atoms with E-state index in [1.54, 1.807) is 13.0 Å². The summed E-state index contributed by atoms with van der Waals surface area (Å²) in [6.07, 6.45) is 1.74. The summed E-state index contributed by atoms with van der Waals surface area (Å²) < 4.78 is 5.05. The fraction of sp³-hybridized carbons (Fsp3) is 0.105. The molecule has 2 aromatic carbocycles. The van der Waals surface area contributed by atoms with Crippen LogP contribution < -0.4 is 0 Å². The van der Waals surface area contributed by atoms with Gasteiger partial charge in [0.05, 0.1) is 6.61 Å². The Morgan fingerprint density at radius 3 is 2.29 bits per heavy atom. The van der Waals surface area contributed by atoms with Gasteiger partial charge in [-0.3, -0.25) is 0 Å². The van der Waals surface area contributed by atoms with E-state index in [1.165, 1.54) is 0 Å². The van der Waals surface area contributed by atoms with Gasteiger partial charge in [-0.25, -0.2) is 4.79 Å². The minimum Gasteiger partial charge on any atom is -0.462 e. The van der Waals surface area contributed by atoms with Crippen LogP contribution in [0.2, 0.25) is 0 Å². The maximum atomic E-state index is 12.0. The topological polar surface area (TPSA) is 26.3 Å². The molecular weight excluding hydrogens is 260 g/mol. The molecule has 0 radical (unpaired) electrons. The molecule has 104 valence electrons. The Kier molecular flexibility index (Phi) is 5.37. The second-order valence-electron chi connectivity index (χ2n) is 4.31. The van der Waals surface area contributed by atoms with Crippen LogP contribution >= 0.6 is 0 Å². The van der Waals surface area contributed by atoms with Gasteiger partial charge >= 0.3 is 5.97 Å². The van der Waals surface area contributed by atoms with Crippen LogP contribution in [0.15, 0.2) is 66.2 Å². The van der Waals surface area contributed by atoms with Crippen molar-refractivity contribution in [2.75, 3.05) is 6.61 Å². The van der Waals surface area contributed by atoms with E-state index in [2.05, 4.69) is 11.8 Å². The standard InChI is InChI=1S/C19H16O2/c1-2-21-19(20)18(15-17-11-7-4-8-12-17)14-13-16-9-5-3-6-10-16/h3-12,15H,2H2,1H3/b18-15+. The molecule has 0 aliphatic carbocycles. The molecule has 0 saturated carbocycles. The van der Waals surface area contributed by atoms with Gasteiger partial charge in [0, 0.05) is 5.56 Å². The summed E-state index contributed by atoms with van der Waals surface area (Å²) in [5.74, 6) is 5.49. The molecule has 21 heavy (non-hydrogen) atoms. The lowest BCUT2D eigenvalue weighted by atomic mass is 10.1. The van der Waals surface area contributed by atoms with Gasteiger partial charge in [-0.1, -0.05) is 60.4 Å². The first-order valence-electron chi connectivity index (χ1n) is 6.80. The third-order valence-electron chi connectivity index (χ3n) is 2.72. The summed E-state index contributed by atoms with van der Waals surface area (Å²) >= 11 is 0. The van der Waals surface area contributed by atoms with Crippen molar-refractivity contribution in [3.63, 3.8) is 0 Å².